The lowest BCUT2D eigenvalue weighted by atomic mass is 10.1. The van der Waals surface area contributed by atoms with Gasteiger partial charge in [0.2, 0.25) is 0 Å². The Bertz CT molecular complexity index is 1750. The molecule has 0 unspecified atom stereocenters. The maximum absolute atomic E-state index is 12.6. The van der Waals surface area contributed by atoms with Gasteiger partial charge in [0, 0.05) is 43.1 Å². The molecule has 0 saturated carbocycles. The Hall–Kier alpha value is -4.35. The molecule has 0 saturated heterocycles. The molecule has 4 rings (SSSR count). The molecule has 0 atom stereocenters. The lowest BCUT2D eigenvalue weighted by molar-refractivity contribution is -0.144. The molecular formula is C67H114N2O10. The first-order valence-electron chi connectivity index (χ1n) is 32.7. The molecule has 0 fully saturated rings. The molecule has 2 aromatic carbocycles. The molecule has 2 aromatic rings. The average molecular weight is 1110 g/mol. The number of anilines is 2. The molecule has 2 aliphatic rings. The minimum absolute atomic E-state index is 0.136. The van der Waals surface area contributed by atoms with Gasteiger partial charge in [-0.2, -0.15) is 0 Å². The number of carbonyl (C=O) groups is 3. The number of benzene rings is 2. The standard InChI is InChI=1S/C42H73NO6.C25H41NO4/c1-3-5-7-9-11-13-15-17-19-21-23-25-33-48-41(44)29-31-43(38-27-28-39-40(37-38)47-36-35-46-39)32-30-42(45)49-34-26-24-22-20-18-16-14-12-10-8-6-4-2;1-2-3-4-5-6-7-8-9-10-11-12-13-18-30-25(27)16-17-26-22-14-15-23-24(21-22)29-20-19-28-23/h27-28,37H,3-26,29-36H2,1-2H3;14-15,21,26H,2-13,16-20H2,1H3. The molecule has 0 bridgehead atoms. The summed E-state index contributed by atoms with van der Waals surface area (Å²) < 4.78 is 39.0. The topological polar surface area (TPSA) is 131 Å². The summed E-state index contributed by atoms with van der Waals surface area (Å²) in [6.45, 7) is 12.0. The lowest BCUT2D eigenvalue weighted by Gasteiger charge is -2.26. The average Bonchev–Trinajstić information content (AvgIpc) is 3.48. The highest BCUT2D eigenvalue weighted by Crippen LogP contribution is 2.35. The molecule has 1 N–H and O–H groups in total. The first-order chi connectivity index (χ1) is 38.9. The van der Waals surface area contributed by atoms with E-state index in [1.165, 1.54) is 193 Å². The van der Waals surface area contributed by atoms with Crippen molar-refractivity contribution in [2.24, 2.45) is 0 Å². The zero-order valence-corrected chi connectivity index (χ0v) is 50.6. The van der Waals surface area contributed by atoms with E-state index in [1.807, 2.05) is 41.3 Å². The summed E-state index contributed by atoms with van der Waals surface area (Å²) in [5.41, 5.74) is 1.82. The van der Waals surface area contributed by atoms with E-state index in [-0.39, 0.29) is 30.7 Å². The van der Waals surface area contributed by atoms with Crippen LogP contribution in [0.25, 0.3) is 0 Å². The third-order valence-electron chi connectivity index (χ3n) is 15.0. The van der Waals surface area contributed by atoms with Gasteiger partial charge in [0.15, 0.2) is 23.0 Å². The van der Waals surface area contributed by atoms with Gasteiger partial charge in [-0.1, -0.05) is 233 Å². The maximum Gasteiger partial charge on any atom is 0.307 e. The maximum atomic E-state index is 12.6. The van der Waals surface area contributed by atoms with Gasteiger partial charge < -0.3 is 43.4 Å². The van der Waals surface area contributed by atoms with Crippen LogP contribution < -0.4 is 29.2 Å². The van der Waals surface area contributed by atoms with Crippen LogP contribution in [-0.4, -0.2) is 83.8 Å². The highest BCUT2D eigenvalue weighted by molar-refractivity contribution is 5.72. The van der Waals surface area contributed by atoms with Crippen molar-refractivity contribution in [1.82, 2.24) is 0 Å². The van der Waals surface area contributed by atoms with Crippen LogP contribution in [0.4, 0.5) is 11.4 Å². The summed E-state index contributed by atoms with van der Waals surface area (Å²) in [6.07, 6.45) is 47.4. The minimum Gasteiger partial charge on any atom is -0.486 e. The number of carbonyl (C=O) groups excluding carboxylic acids is 3. The van der Waals surface area contributed by atoms with Crippen molar-refractivity contribution in [1.29, 1.82) is 0 Å². The molecule has 12 heteroatoms. The molecule has 12 nitrogen and oxygen atoms in total. The van der Waals surface area contributed by atoms with Crippen LogP contribution in [0, 0.1) is 0 Å². The van der Waals surface area contributed by atoms with Gasteiger partial charge in [-0.15, -0.1) is 0 Å². The minimum atomic E-state index is -0.194. The van der Waals surface area contributed by atoms with E-state index >= 15 is 0 Å². The normalized spacial score (nSPS) is 12.3. The largest absolute Gasteiger partial charge is 0.486 e. The summed E-state index contributed by atoms with van der Waals surface area (Å²) in [4.78, 5) is 39.1. The third kappa shape index (κ3) is 37.3. The number of hydrogen-bond donors (Lipinski definition) is 1. The second-order valence-corrected chi connectivity index (χ2v) is 22.2. The fraction of sp³-hybridized carbons (Fsp3) is 0.776. The molecule has 0 spiro atoms. The number of ether oxygens (including phenoxy) is 7. The zero-order chi connectivity index (χ0) is 56.3. The van der Waals surface area contributed by atoms with Gasteiger partial charge in [-0.3, -0.25) is 14.4 Å². The van der Waals surface area contributed by atoms with Crippen molar-refractivity contribution in [3.05, 3.63) is 36.4 Å². The fourth-order valence-corrected chi connectivity index (χ4v) is 10.1. The summed E-state index contributed by atoms with van der Waals surface area (Å²) in [5, 5.41) is 3.24. The zero-order valence-electron chi connectivity index (χ0n) is 50.6. The fourth-order valence-electron chi connectivity index (χ4n) is 10.1. The summed E-state index contributed by atoms with van der Waals surface area (Å²) in [5.74, 6) is 2.41. The molecule has 0 aliphatic carbocycles. The molecule has 2 aliphatic heterocycles. The van der Waals surface area contributed by atoms with Crippen molar-refractivity contribution in [2.45, 2.75) is 271 Å². The number of unbranched alkanes of at least 4 members (excludes halogenated alkanes) is 33. The Kier molecular flexibility index (Phi) is 43.2. The van der Waals surface area contributed by atoms with Crippen molar-refractivity contribution >= 4 is 29.3 Å². The predicted octanol–water partition coefficient (Wildman–Crippen LogP) is 18.0. The summed E-state index contributed by atoms with van der Waals surface area (Å²) in [7, 11) is 0. The van der Waals surface area contributed by atoms with Crippen LogP contribution in [0.15, 0.2) is 36.4 Å². The monoisotopic (exact) mass is 1110 g/mol. The van der Waals surface area contributed by atoms with E-state index < -0.39 is 0 Å². The number of rotatable bonds is 50. The number of nitrogens with zero attached hydrogens (tertiary/aromatic N) is 1. The molecule has 2 heterocycles. The van der Waals surface area contributed by atoms with E-state index in [1.54, 1.807) is 0 Å². The first kappa shape index (κ1) is 68.9. The van der Waals surface area contributed by atoms with E-state index in [4.69, 9.17) is 33.2 Å². The van der Waals surface area contributed by atoms with E-state index in [0.717, 1.165) is 67.1 Å². The highest BCUT2D eigenvalue weighted by Gasteiger charge is 2.18. The number of hydrogen-bond acceptors (Lipinski definition) is 12. The Morgan fingerprint density at radius 1 is 0.380 bits per heavy atom. The second-order valence-electron chi connectivity index (χ2n) is 22.2. The smallest absolute Gasteiger partial charge is 0.307 e. The van der Waals surface area contributed by atoms with Crippen LogP contribution in [0.5, 0.6) is 23.0 Å². The highest BCUT2D eigenvalue weighted by atomic mass is 16.6. The number of fused-ring (bicyclic) bond motifs is 2. The molecule has 0 aromatic heterocycles. The van der Waals surface area contributed by atoms with Crippen LogP contribution in [-0.2, 0) is 28.6 Å². The van der Waals surface area contributed by atoms with E-state index in [9.17, 15) is 14.4 Å². The third-order valence-corrected chi connectivity index (χ3v) is 15.0. The van der Waals surface area contributed by atoms with Gasteiger partial charge in [0.25, 0.3) is 0 Å². The molecule has 0 radical (unpaired) electrons. The number of nitrogens with one attached hydrogen (secondary N) is 1. The summed E-state index contributed by atoms with van der Waals surface area (Å²) >= 11 is 0. The van der Waals surface area contributed by atoms with Crippen LogP contribution in [0.1, 0.15) is 271 Å². The van der Waals surface area contributed by atoms with Gasteiger partial charge in [-0.05, 0) is 43.5 Å². The van der Waals surface area contributed by atoms with E-state index in [2.05, 4.69) is 26.1 Å². The molecule has 0 amide bonds. The van der Waals surface area contributed by atoms with Crippen molar-refractivity contribution in [2.75, 3.05) is 76.1 Å². The predicted molar refractivity (Wildman–Crippen MR) is 326 cm³/mol. The molecule has 79 heavy (non-hydrogen) atoms. The van der Waals surface area contributed by atoms with Crippen LogP contribution >= 0.6 is 0 Å². The molecular weight excluding hydrogens is 993 g/mol. The second kappa shape index (κ2) is 49.5. The van der Waals surface area contributed by atoms with Gasteiger partial charge in [0.1, 0.15) is 26.4 Å². The van der Waals surface area contributed by atoms with Crippen LogP contribution in [0.2, 0.25) is 0 Å². The van der Waals surface area contributed by atoms with Gasteiger partial charge in [-0.25, -0.2) is 0 Å². The lowest BCUT2D eigenvalue weighted by Crippen LogP contribution is -2.30. The number of esters is 3. The Labute approximate surface area is 481 Å². The van der Waals surface area contributed by atoms with Crippen LogP contribution in [0.3, 0.4) is 0 Å². The first-order valence-corrected chi connectivity index (χ1v) is 32.7. The van der Waals surface area contributed by atoms with Crippen molar-refractivity contribution in [3.63, 3.8) is 0 Å². The molecule has 452 valence electrons. The quantitative estimate of drug-likeness (QED) is 0.0384. The van der Waals surface area contributed by atoms with Gasteiger partial charge >= 0.3 is 17.9 Å². The Morgan fingerprint density at radius 3 is 1.05 bits per heavy atom. The summed E-state index contributed by atoms with van der Waals surface area (Å²) in [6, 6.07) is 11.5. The SMILES string of the molecule is CCCCCCCCCCCCCCOC(=O)CCN(CCC(=O)OCCCCCCCCCCCCCC)c1ccc2c(c1)OCCO2.CCCCCCCCCCCCCCOC(=O)CCNc1ccc2c(c1)OCCO2. The van der Waals surface area contributed by atoms with Crippen molar-refractivity contribution in [3.8, 4) is 23.0 Å². The Balaban J connectivity index is 0.000000466. The Morgan fingerprint density at radius 2 is 0.684 bits per heavy atom. The van der Waals surface area contributed by atoms with Gasteiger partial charge in [0.05, 0.1) is 39.1 Å². The van der Waals surface area contributed by atoms with E-state index in [0.29, 0.717) is 78.1 Å². The van der Waals surface area contributed by atoms with Crippen molar-refractivity contribution < 1.29 is 47.5 Å².